The van der Waals surface area contributed by atoms with Crippen molar-refractivity contribution >= 4 is 0 Å². The second-order valence-corrected chi connectivity index (χ2v) is 5.75. The first kappa shape index (κ1) is 15.1. The Morgan fingerprint density at radius 3 is 2.70 bits per heavy atom. The highest BCUT2D eigenvalue weighted by Gasteiger charge is 2.14. The number of nitrogens with one attached hydrogen (secondary N) is 1. The van der Waals surface area contributed by atoms with Gasteiger partial charge in [-0.15, -0.1) is 0 Å². The summed E-state index contributed by atoms with van der Waals surface area (Å²) in [5.41, 5.74) is 3.85. The fourth-order valence-electron chi connectivity index (χ4n) is 2.52. The van der Waals surface area contributed by atoms with Crippen molar-refractivity contribution in [1.82, 2.24) is 5.32 Å². The number of hydrogen-bond acceptors (Lipinski definition) is 2. The molecule has 0 spiro atoms. The third-order valence-electron chi connectivity index (χ3n) is 4.03. The van der Waals surface area contributed by atoms with Gasteiger partial charge in [-0.3, -0.25) is 0 Å². The van der Waals surface area contributed by atoms with Crippen LogP contribution in [-0.4, -0.2) is 18.2 Å². The topological polar surface area (TPSA) is 32.3 Å². The molecule has 1 aromatic carbocycles. The smallest absolute Gasteiger partial charge is 0.0958 e. The molecule has 0 saturated heterocycles. The predicted molar refractivity (Wildman–Crippen MR) is 85.1 cm³/mol. The van der Waals surface area contributed by atoms with E-state index in [1.807, 2.05) is 0 Å². The van der Waals surface area contributed by atoms with E-state index in [9.17, 15) is 5.11 Å². The van der Waals surface area contributed by atoms with Gasteiger partial charge in [0.15, 0.2) is 0 Å². The molecule has 2 N–H and O–H groups in total. The molecule has 0 aromatic heterocycles. The number of allylic oxidation sites excluding steroid dienone is 2. The first-order valence-electron chi connectivity index (χ1n) is 7.98. The lowest BCUT2D eigenvalue weighted by atomic mass is 9.89. The highest BCUT2D eigenvalue weighted by atomic mass is 16.3. The Labute approximate surface area is 122 Å². The van der Waals surface area contributed by atoms with E-state index in [2.05, 4.69) is 36.5 Å². The largest absolute Gasteiger partial charge is 0.512 e. The molecule has 2 rings (SSSR count). The van der Waals surface area contributed by atoms with Crippen molar-refractivity contribution in [3.63, 3.8) is 0 Å². The fraction of sp³-hybridized carbons (Fsp3) is 0.556. The van der Waals surface area contributed by atoms with E-state index >= 15 is 0 Å². The van der Waals surface area contributed by atoms with Crippen molar-refractivity contribution in [2.45, 2.75) is 51.9 Å². The van der Waals surface area contributed by atoms with E-state index in [0.717, 1.165) is 32.4 Å². The Kier molecular flexibility index (Phi) is 6.13. The molecule has 110 valence electrons. The summed E-state index contributed by atoms with van der Waals surface area (Å²) >= 11 is 0. The third-order valence-corrected chi connectivity index (χ3v) is 4.03. The maximum absolute atomic E-state index is 10.1. The van der Waals surface area contributed by atoms with Crippen LogP contribution in [0, 0.1) is 0 Å². The van der Waals surface area contributed by atoms with Crippen molar-refractivity contribution in [2.75, 3.05) is 13.1 Å². The molecule has 1 saturated carbocycles. The number of benzene rings is 1. The summed E-state index contributed by atoms with van der Waals surface area (Å²) in [4.78, 5) is 0. The highest BCUT2D eigenvalue weighted by molar-refractivity contribution is 5.28. The van der Waals surface area contributed by atoms with Gasteiger partial charge in [-0.2, -0.15) is 0 Å². The molecule has 1 aliphatic rings. The molecule has 0 radical (unpaired) electrons. The molecule has 2 heteroatoms. The standard InChI is InChI=1S/C18H27NO/c1-2-3-11-19-12-10-15-6-4-7-16(13-15)14-18(20)17-8-5-9-17/h4,6-7,13,19-20H,2-3,5,8-12,14H2,1H3. The van der Waals surface area contributed by atoms with Crippen LogP contribution in [0.3, 0.4) is 0 Å². The molecule has 0 atom stereocenters. The van der Waals surface area contributed by atoms with E-state index in [1.54, 1.807) is 0 Å². The first-order valence-corrected chi connectivity index (χ1v) is 7.98. The monoisotopic (exact) mass is 273 g/mol. The van der Waals surface area contributed by atoms with Gasteiger partial charge in [0, 0.05) is 6.42 Å². The SMILES string of the molecule is CCCCNCCc1cccc(CC(O)=C2CCC2)c1. The zero-order valence-corrected chi connectivity index (χ0v) is 12.6. The van der Waals surface area contributed by atoms with E-state index in [4.69, 9.17) is 0 Å². The zero-order valence-electron chi connectivity index (χ0n) is 12.6. The van der Waals surface area contributed by atoms with Crippen molar-refractivity contribution < 1.29 is 5.11 Å². The van der Waals surface area contributed by atoms with Gasteiger partial charge >= 0.3 is 0 Å². The van der Waals surface area contributed by atoms with Crippen molar-refractivity contribution in [1.29, 1.82) is 0 Å². The molecule has 0 unspecified atom stereocenters. The molecule has 1 aliphatic carbocycles. The summed E-state index contributed by atoms with van der Waals surface area (Å²) in [5.74, 6) is 0.606. The van der Waals surface area contributed by atoms with Crippen LogP contribution >= 0.6 is 0 Å². The van der Waals surface area contributed by atoms with Crippen LogP contribution in [0.25, 0.3) is 0 Å². The molecular weight excluding hydrogens is 246 g/mol. The fourth-order valence-corrected chi connectivity index (χ4v) is 2.52. The van der Waals surface area contributed by atoms with E-state index < -0.39 is 0 Å². The molecule has 1 fully saturated rings. The van der Waals surface area contributed by atoms with Crippen LogP contribution in [0.15, 0.2) is 35.6 Å². The van der Waals surface area contributed by atoms with Gasteiger partial charge in [0.25, 0.3) is 0 Å². The summed E-state index contributed by atoms with van der Waals surface area (Å²) in [6, 6.07) is 8.63. The van der Waals surface area contributed by atoms with Crippen LogP contribution in [-0.2, 0) is 12.8 Å². The van der Waals surface area contributed by atoms with Crippen LogP contribution in [0.2, 0.25) is 0 Å². The molecule has 20 heavy (non-hydrogen) atoms. The lowest BCUT2D eigenvalue weighted by Gasteiger charge is -2.18. The minimum Gasteiger partial charge on any atom is -0.512 e. The second kappa shape index (κ2) is 8.11. The number of aliphatic hydroxyl groups excluding tert-OH is 1. The lowest BCUT2D eigenvalue weighted by molar-refractivity contribution is 0.374. The first-order chi connectivity index (χ1) is 9.79. The summed E-state index contributed by atoms with van der Waals surface area (Å²) in [7, 11) is 0. The molecule has 0 amide bonds. The summed E-state index contributed by atoms with van der Waals surface area (Å²) in [6.45, 7) is 4.37. The maximum atomic E-state index is 10.1. The Hall–Kier alpha value is -1.28. The maximum Gasteiger partial charge on any atom is 0.0958 e. The normalized spacial score (nSPS) is 14.2. The Morgan fingerprint density at radius 2 is 2.00 bits per heavy atom. The summed E-state index contributed by atoms with van der Waals surface area (Å²) in [5, 5.41) is 13.5. The molecular formula is C18H27NO. The number of aliphatic hydroxyl groups is 1. The van der Waals surface area contributed by atoms with Crippen molar-refractivity contribution in [3.05, 3.63) is 46.7 Å². The third kappa shape index (κ3) is 4.68. The van der Waals surface area contributed by atoms with Crippen molar-refractivity contribution in [2.24, 2.45) is 0 Å². The van der Waals surface area contributed by atoms with Gasteiger partial charge in [-0.25, -0.2) is 0 Å². The van der Waals surface area contributed by atoms with Crippen molar-refractivity contribution in [3.8, 4) is 0 Å². The average Bonchev–Trinajstić information content (AvgIpc) is 2.37. The minimum absolute atomic E-state index is 0.606. The van der Waals surface area contributed by atoms with Gasteiger partial charge in [-0.05, 0) is 61.9 Å². The number of hydrogen-bond donors (Lipinski definition) is 2. The number of unbranched alkanes of at least 4 members (excludes halogenated alkanes) is 1. The molecule has 0 bridgehead atoms. The highest BCUT2D eigenvalue weighted by Crippen LogP contribution is 2.29. The molecule has 0 aliphatic heterocycles. The Balaban J connectivity index is 1.81. The van der Waals surface area contributed by atoms with Gasteiger partial charge in [0.2, 0.25) is 0 Å². The van der Waals surface area contributed by atoms with Gasteiger partial charge in [0.05, 0.1) is 5.76 Å². The average molecular weight is 273 g/mol. The minimum atomic E-state index is 0.606. The van der Waals surface area contributed by atoms with Gasteiger partial charge < -0.3 is 10.4 Å². The molecule has 0 heterocycles. The molecule has 2 nitrogen and oxygen atoms in total. The summed E-state index contributed by atoms with van der Waals surface area (Å²) in [6.07, 6.45) is 7.68. The van der Waals surface area contributed by atoms with E-state index in [-0.39, 0.29) is 0 Å². The summed E-state index contributed by atoms with van der Waals surface area (Å²) < 4.78 is 0. The van der Waals surface area contributed by atoms with Crippen LogP contribution in [0.4, 0.5) is 0 Å². The van der Waals surface area contributed by atoms with Gasteiger partial charge in [-0.1, -0.05) is 37.6 Å². The Bertz CT molecular complexity index is 444. The van der Waals surface area contributed by atoms with Crippen LogP contribution in [0.1, 0.15) is 50.2 Å². The number of rotatable bonds is 8. The zero-order chi connectivity index (χ0) is 14.2. The van der Waals surface area contributed by atoms with Gasteiger partial charge in [0.1, 0.15) is 0 Å². The predicted octanol–water partition coefficient (Wildman–Crippen LogP) is 4.16. The Morgan fingerprint density at radius 1 is 1.20 bits per heavy atom. The van der Waals surface area contributed by atoms with Crippen LogP contribution in [0.5, 0.6) is 0 Å². The second-order valence-electron chi connectivity index (χ2n) is 5.75. The van der Waals surface area contributed by atoms with E-state index in [0.29, 0.717) is 12.2 Å². The van der Waals surface area contributed by atoms with Crippen LogP contribution < -0.4 is 5.32 Å². The van der Waals surface area contributed by atoms with E-state index in [1.165, 1.54) is 36.0 Å². The lowest BCUT2D eigenvalue weighted by Crippen LogP contribution is -2.18. The molecule has 1 aromatic rings. The quantitative estimate of drug-likeness (QED) is 0.550.